The fraction of sp³-hybridized carbons (Fsp3) is 0.136. The molecule has 0 aliphatic heterocycles. The lowest BCUT2D eigenvalue weighted by Crippen LogP contribution is -2.14. The second-order valence-corrected chi connectivity index (χ2v) is 7.82. The number of ether oxygens (including phenoxy) is 1. The average molecular weight is 405 g/mol. The molecule has 0 fully saturated rings. The van der Waals surface area contributed by atoms with Gasteiger partial charge in [-0.15, -0.1) is 11.3 Å². The van der Waals surface area contributed by atoms with Crippen LogP contribution >= 0.6 is 11.3 Å². The minimum Gasteiger partial charge on any atom is -0.487 e. The van der Waals surface area contributed by atoms with Crippen molar-refractivity contribution in [3.8, 4) is 5.75 Å². The molecule has 4 aromatic rings. The van der Waals surface area contributed by atoms with Gasteiger partial charge in [-0.2, -0.15) is 0 Å². The molecule has 6 nitrogen and oxygen atoms in total. The van der Waals surface area contributed by atoms with E-state index in [1.54, 1.807) is 30.5 Å². The zero-order valence-electron chi connectivity index (χ0n) is 15.8. The highest BCUT2D eigenvalue weighted by atomic mass is 32.1. The summed E-state index contributed by atoms with van der Waals surface area (Å²) in [4.78, 5) is 30.4. The van der Waals surface area contributed by atoms with Gasteiger partial charge in [0.05, 0.1) is 12.1 Å². The van der Waals surface area contributed by atoms with E-state index < -0.39 is 0 Å². The maximum absolute atomic E-state index is 12.1. The number of thiazole rings is 1. The molecule has 0 radical (unpaired) electrons. The second-order valence-electron chi connectivity index (χ2n) is 6.60. The number of amides is 1. The molecule has 29 heavy (non-hydrogen) atoms. The van der Waals surface area contributed by atoms with Gasteiger partial charge in [-0.1, -0.05) is 30.3 Å². The molecule has 0 unspecified atom stereocenters. The highest BCUT2D eigenvalue weighted by Crippen LogP contribution is 2.18. The van der Waals surface area contributed by atoms with Gasteiger partial charge < -0.3 is 10.1 Å². The Balaban J connectivity index is 1.36. The molecule has 4 rings (SSSR count). The van der Waals surface area contributed by atoms with Crippen molar-refractivity contribution in [2.45, 2.75) is 20.0 Å². The van der Waals surface area contributed by atoms with Crippen LogP contribution in [0.4, 0.5) is 5.69 Å². The molecule has 0 saturated carbocycles. The summed E-state index contributed by atoms with van der Waals surface area (Å²) in [5.41, 5.74) is 2.13. The van der Waals surface area contributed by atoms with Gasteiger partial charge in [0.1, 0.15) is 12.4 Å². The summed E-state index contributed by atoms with van der Waals surface area (Å²) >= 11 is 1.47. The van der Waals surface area contributed by atoms with Crippen molar-refractivity contribution in [1.29, 1.82) is 0 Å². The molecule has 1 N–H and O–H groups in total. The minimum absolute atomic E-state index is 0.0749. The number of carbonyl (C=O) groups excluding carboxylic acids is 1. The number of nitrogens with one attached hydrogen (secondary N) is 1. The van der Waals surface area contributed by atoms with Crippen LogP contribution in [0, 0.1) is 6.92 Å². The lowest BCUT2D eigenvalue weighted by molar-refractivity contribution is -0.115. The highest BCUT2D eigenvalue weighted by molar-refractivity contribution is 7.16. The number of aryl methyl sites for hydroxylation is 1. The Morgan fingerprint density at radius 3 is 2.66 bits per heavy atom. The lowest BCUT2D eigenvalue weighted by Gasteiger charge is -2.08. The normalized spacial score (nSPS) is 10.8. The molecule has 1 amide bonds. The van der Waals surface area contributed by atoms with Gasteiger partial charge in [0.25, 0.3) is 5.56 Å². The Morgan fingerprint density at radius 2 is 1.90 bits per heavy atom. The third-order valence-electron chi connectivity index (χ3n) is 4.27. The minimum atomic E-state index is -0.116. The predicted molar refractivity (Wildman–Crippen MR) is 114 cm³/mol. The summed E-state index contributed by atoms with van der Waals surface area (Å²) in [6, 6.07) is 18.2. The maximum atomic E-state index is 12.1. The van der Waals surface area contributed by atoms with Crippen molar-refractivity contribution in [1.82, 2.24) is 9.38 Å². The first-order valence-electron chi connectivity index (χ1n) is 9.12. The third-order valence-corrected chi connectivity index (χ3v) is 5.17. The van der Waals surface area contributed by atoms with Crippen molar-refractivity contribution < 1.29 is 9.53 Å². The molecule has 2 aromatic heterocycles. The smallest absolute Gasteiger partial charge is 0.258 e. The van der Waals surface area contributed by atoms with E-state index in [9.17, 15) is 9.59 Å². The van der Waals surface area contributed by atoms with Gasteiger partial charge in [-0.25, -0.2) is 4.98 Å². The quantitative estimate of drug-likeness (QED) is 0.529. The van der Waals surface area contributed by atoms with E-state index in [0.29, 0.717) is 28.5 Å². The largest absolute Gasteiger partial charge is 0.487 e. The van der Waals surface area contributed by atoms with E-state index >= 15 is 0 Å². The zero-order chi connectivity index (χ0) is 20.2. The molecule has 0 bridgehead atoms. The van der Waals surface area contributed by atoms with Crippen LogP contribution in [-0.2, 0) is 17.8 Å². The number of hydrogen-bond acceptors (Lipinski definition) is 5. The van der Waals surface area contributed by atoms with Crippen LogP contribution < -0.4 is 15.6 Å². The number of benzene rings is 2. The van der Waals surface area contributed by atoms with E-state index in [2.05, 4.69) is 10.3 Å². The maximum Gasteiger partial charge on any atom is 0.258 e. The molecular formula is C22H19N3O3S. The molecular weight excluding hydrogens is 386 g/mol. The first kappa shape index (κ1) is 18.9. The van der Waals surface area contributed by atoms with Crippen LogP contribution in [0.2, 0.25) is 0 Å². The summed E-state index contributed by atoms with van der Waals surface area (Å²) < 4.78 is 7.28. The van der Waals surface area contributed by atoms with E-state index in [1.165, 1.54) is 21.8 Å². The Bertz CT molecular complexity index is 1200. The first-order valence-corrected chi connectivity index (χ1v) is 9.94. The van der Waals surface area contributed by atoms with E-state index in [0.717, 1.165) is 10.4 Å². The van der Waals surface area contributed by atoms with E-state index in [1.807, 2.05) is 37.3 Å². The number of nitrogens with zero attached hydrogens (tertiary/aromatic N) is 2. The monoisotopic (exact) mass is 405 g/mol. The van der Waals surface area contributed by atoms with Crippen molar-refractivity contribution in [3.63, 3.8) is 0 Å². The predicted octanol–water partition coefficient (Wildman–Crippen LogP) is 3.82. The van der Waals surface area contributed by atoms with Gasteiger partial charge in [0.2, 0.25) is 5.91 Å². The average Bonchev–Trinajstić information content (AvgIpc) is 3.09. The van der Waals surface area contributed by atoms with Gasteiger partial charge >= 0.3 is 0 Å². The molecule has 2 aromatic carbocycles. The molecule has 7 heteroatoms. The fourth-order valence-corrected chi connectivity index (χ4v) is 3.76. The molecule has 0 saturated heterocycles. The van der Waals surface area contributed by atoms with Crippen molar-refractivity contribution in [2.24, 2.45) is 0 Å². The Morgan fingerprint density at radius 1 is 1.14 bits per heavy atom. The second kappa shape index (κ2) is 8.28. The number of carbonyl (C=O) groups is 1. The number of hydrogen-bond donors (Lipinski definition) is 1. The third kappa shape index (κ3) is 4.70. The summed E-state index contributed by atoms with van der Waals surface area (Å²) in [5, 5.41) is 2.87. The Labute approximate surface area is 171 Å². The van der Waals surface area contributed by atoms with Gasteiger partial charge in [-0.05, 0) is 36.8 Å². The van der Waals surface area contributed by atoms with Crippen LogP contribution in [0.5, 0.6) is 5.75 Å². The summed E-state index contributed by atoms with van der Waals surface area (Å²) in [6.07, 6.45) is 2.11. The van der Waals surface area contributed by atoms with Crippen LogP contribution in [0.3, 0.4) is 0 Å². The van der Waals surface area contributed by atoms with Crippen molar-refractivity contribution >= 4 is 27.9 Å². The van der Waals surface area contributed by atoms with E-state index in [-0.39, 0.29) is 18.1 Å². The van der Waals surface area contributed by atoms with Crippen molar-refractivity contribution in [2.75, 3.05) is 5.32 Å². The van der Waals surface area contributed by atoms with Gasteiger partial charge in [0, 0.05) is 22.8 Å². The zero-order valence-corrected chi connectivity index (χ0v) is 16.6. The van der Waals surface area contributed by atoms with Gasteiger partial charge in [0.15, 0.2) is 4.96 Å². The number of anilines is 1. The number of aromatic nitrogens is 2. The lowest BCUT2D eigenvalue weighted by atomic mass is 10.1. The molecule has 0 aliphatic carbocycles. The van der Waals surface area contributed by atoms with Crippen LogP contribution in [0.25, 0.3) is 4.96 Å². The van der Waals surface area contributed by atoms with Crippen LogP contribution in [-0.4, -0.2) is 15.3 Å². The molecule has 146 valence electrons. The summed E-state index contributed by atoms with van der Waals surface area (Å²) in [5.74, 6) is 0.560. The van der Waals surface area contributed by atoms with E-state index in [4.69, 9.17) is 4.74 Å². The molecule has 2 heterocycles. The summed E-state index contributed by atoms with van der Waals surface area (Å²) in [7, 11) is 0. The highest BCUT2D eigenvalue weighted by Gasteiger charge is 2.07. The standard InChI is InChI=1S/C22H19N3O3S/c1-15-13-25-21(27)12-18(24-22(25)29-15)14-28-19-9-7-17(8-10-19)23-20(26)11-16-5-3-2-4-6-16/h2-10,12-13H,11,14H2,1H3,(H,23,26). The first-order chi connectivity index (χ1) is 14.1. The van der Waals surface area contributed by atoms with Crippen molar-refractivity contribution in [3.05, 3.63) is 93.3 Å². The molecule has 0 atom stereocenters. The fourth-order valence-electron chi connectivity index (χ4n) is 2.91. The van der Waals surface area contributed by atoms with Crippen LogP contribution in [0.15, 0.2) is 71.7 Å². The molecule has 0 spiro atoms. The molecule has 0 aliphatic rings. The van der Waals surface area contributed by atoms with Gasteiger partial charge in [-0.3, -0.25) is 14.0 Å². The summed E-state index contributed by atoms with van der Waals surface area (Å²) in [6.45, 7) is 2.14. The topological polar surface area (TPSA) is 72.7 Å². The SMILES string of the molecule is Cc1cn2c(=O)cc(COc3ccc(NC(=O)Cc4ccccc4)cc3)nc2s1. The van der Waals surface area contributed by atoms with Crippen LogP contribution in [0.1, 0.15) is 16.1 Å². The number of fused-ring (bicyclic) bond motifs is 1. The number of rotatable bonds is 6. The Hall–Kier alpha value is -3.45. The Kier molecular flexibility index (Phi) is 5.39.